The zero-order chi connectivity index (χ0) is 31.8. The fraction of sp³-hybridized carbons (Fsp3) is 0.667. The number of carbonyl (C=O) groups excluding carboxylic acids is 3. The zero-order valence-electron chi connectivity index (χ0n) is 26.0. The fourth-order valence-corrected chi connectivity index (χ4v) is 8.73. The number of carbonyl (C=O) groups is 3. The molecule has 1 aromatic carbocycles. The smallest absolute Gasteiger partial charge is 0.331 e. The van der Waals surface area contributed by atoms with Gasteiger partial charge in [-0.15, -0.1) is 11.3 Å². The minimum absolute atomic E-state index is 0.0930. The van der Waals surface area contributed by atoms with Crippen LogP contribution in [0.2, 0.25) is 0 Å². The third kappa shape index (κ3) is 8.69. The number of hydrogen-bond donors (Lipinski definition) is 0. The van der Waals surface area contributed by atoms with Crippen LogP contribution in [0.15, 0.2) is 29.4 Å². The molecular formula is C33H44N2O8S2. The van der Waals surface area contributed by atoms with Gasteiger partial charge in [0.1, 0.15) is 17.2 Å². The Hall–Kier alpha value is -2.86. The molecule has 0 saturated heterocycles. The number of para-hydroxylation sites is 1. The highest BCUT2D eigenvalue weighted by molar-refractivity contribution is 7.87. The first-order valence-corrected chi connectivity index (χ1v) is 18.8. The van der Waals surface area contributed by atoms with Crippen molar-refractivity contribution < 1.29 is 36.6 Å². The van der Waals surface area contributed by atoms with E-state index in [4.69, 9.17) is 13.8 Å². The Labute approximate surface area is 269 Å². The van der Waals surface area contributed by atoms with E-state index in [1.54, 1.807) is 0 Å². The summed E-state index contributed by atoms with van der Waals surface area (Å²) >= 11 is 1.24. The molecule has 3 aliphatic carbocycles. The van der Waals surface area contributed by atoms with Gasteiger partial charge in [0.25, 0.3) is 0 Å². The van der Waals surface area contributed by atoms with Gasteiger partial charge in [0, 0.05) is 6.42 Å². The number of thiazole rings is 1. The van der Waals surface area contributed by atoms with E-state index in [9.17, 15) is 22.8 Å². The highest BCUT2D eigenvalue weighted by Crippen LogP contribution is 2.38. The Bertz CT molecular complexity index is 1440. The van der Waals surface area contributed by atoms with E-state index in [2.05, 4.69) is 10.1 Å². The van der Waals surface area contributed by atoms with Gasteiger partial charge in [-0.25, -0.2) is 4.98 Å². The molecule has 3 unspecified atom stereocenters. The van der Waals surface area contributed by atoms with Crippen LogP contribution in [-0.2, 0) is 38.3 Å². The van der Waals surface area contributed by atoms with Crippen LogP contribution in [0.25, 0.3) is 10.2 Å². The van der Waals surface area contributed by atoms with Crippen LogP contribution in [0.5, 0.6) is 0 Å². The molecule has 3 atom stereocenters. The number of aromatic nitrogens is 1. The maximum atomic E-state index is 13.6. The lowest BCUT2D eigenvalue weighted by Gasteiger charge is -2.34. The molecule has 1 aromatic heterocycles. The summed E-state index contributed by atoms with van der Waals surface area (Å²) in [6, 6.07) is 7.37. The number of rotatable bonds is 12. The summed E-state index contributed by atoms with van der Waals surface area (Å²) < 4.78 is 44.9. The van der Waals surface area contributed by atoms with Gasteiger partial charge in [-0.3, -0.25) is 18.7 Å². The number of esters is 2. The highest BCUT2D eigenvalue weighted by Gasteiger charge is 2.46. The minimum atomic E-state index is -4.37. The van der Waals surface area contributed by atoms with Crippen molar-refractivity contribution in [2.45, 2.75) is 127 Å². The first kappa shape index (κ1) is 33.5. The lowest BCUT2D eigenvalue weighted by Crippen LogP contribution is -2.43. The van der Waals surface area contributed by atoms with E-state index in [-0.39, 0.29) is 54.4 Å². The van der Waals surface area contributed by atoms with E-state index in [1.807, 2.05) is 31.2 Å². The summed E-state index contributed by atoms with van der Waals surface area (Å²) in [5, 5.41) is 3.09. The van der Waals surface area contributed by atoms with Crippen LogP contribution in [0.4, 0.5) is 0 Å². The van der Waals surface area contributed by atoms with Crippen LogP contribution in [0.3, 0.4) is 0 Å². The molecule has 246 valence electrons. The van der Waals surface area contributed by atoms with Gasteiger partial charge in [0.2, 0.25) is 0 Å². The quantitative estimate of drug-likeness (QED) is 0.139. The average Bonchev–Trinajstić information content (AvgIpc) is 3.48. The van der Waals surface area contributed by atoms with Gasteiger partial charge in [0.05, 0.1) is 27.3 Å². The molecule has 1 heterocycles. The van der Waals surface area contributed by atoms with Crippen molar-refractivity contribution in [3.8, 4) is 0 Å². The summed E-state index contributed by atoms with van der Waals surface area (Å²) in [4.78, 5) is 44.5. The fourth-order valence-electron chi connectivity index (χ4n) is 6.59. The second-order valence-electron chi connectivity index (χ2n) is 12.6. The van der Waals surface area contributed by atoms with Gasteiger partial charge in [0.15, 0.2) is 11.5 Å². The summed E-state index contributed by atoms with van der Waals surface area (Å²) in [6.07, 6.45) is 10.5. The lowest BCUT2D eigenvalue weighted by molar-refractivity contribution is -0.170. The number of unbranched alkanes of at least 4 members (excludes halogenated alkanes) is 1. The number of fused-ring (bicyclic) bond motifs is 1. The van der Waals surface area contributed by atoms with Gasteiger partial charge >= 0.3 is 22.1 Å². The summed E-state index contributed by atoms with van der Waals surface area (Å²) in [6.45, 7) is 1.96. The maximum absolute atomic E-state index is 13.6. The molecule has 0 aliphatic heterocycles. The first-order valence-electron chi connectivity index (χ1n) is 16.6. The van der Waals surface area contributed by atoms with Crippen molar-refractivity contribution >= 4 is 55.1 Å². The topological polar surface area (TPSA) is 138 Å². The second kappa shape index (κ2) is 15.6. The molecule has 45 heavy (non-hydrogen) atoms. The third-order valence-corrected chi connectivity index (χ3v) is 11.8. The molecule has 0 radical (unpaired) electrons. The number of benzene rings is 1. The largest absolute Gasteiger partial charge is 0.462 e. The molecule has 10 nitrogen and oxygen atoms in total. The van der Waals surface area contributed by atoms with E-state index in [1.165, 1.54) is 11.3 Å². The lowest BCUT2D eigenvalue weighted by atomic mass is 9.78. The summed E-state index contributed by atoms with van der Waals surface area (Å²) in [5.41, 5.74) is 0.542. The van der Waals surface area contributed by atoms with Gasteiger partial charge in [-0.05, 0) is 89.2 Å². The molecule has 2 aromatic rings. The van der Waals surface area contributed by atoms with Crippen molar-refractivity contribution in [1.82, 2.24) is 4.98 Å². The van der Waals surface area contributed by atoms with Crippen molar-refractivity contribution in [1.29, 1.82) is 0 Å². The molecule has 3 fully saturated rings. The van der Waals surface area contributed by atoms with E-state index in [0.717, 1.165) is 75.3 Å². The van der Waals surface area contributed by atoms with Gasteiger partial charge < -0.3 is 9.47 Å². The Morgan fingerprint density at radius 1 is 0.867 bits per heavy atom. The molecule has 5 rings (SSSR count). The number of ketones is 1. The molecular weight excluding hydrogens is 617 g/mol. The summed E-state index contributed by atoms with van der Waals surface area (Å²) in [7, 11) is -4.37. The van der Waals surface area contributed by atoms with Crippen LogP contribution in [0, 0.1) is 11.8 Å². The molecule has 0 spiro atoms. The number of Topliss-reactive ketones (excluding diaryl/α,β-unsaturated/α-hetero) is 1. The number of ether oxygens (including phenoxy) is 2. The molecule has 0 bridgehead atoms. The Balaban J connectivity index is 1.34. The van der Waals surface area contributed by atoms with Crippen molar-refractivity contribution in [3.05, 3.63) is 29.3 Å². The average molecular weight is 661 g/mol. The number of hydrogen-bond acceptors (Lipinski definition) is 11. The summed E-state index contributed by atoms with van der Waals surface area (Å²) in [5.74, 6) is -3.12. The number of oxime groups is 1. The van der Waals surface area contributed by atoms with Crippen molar-refractivity contribution in [3.63, 3.8) is 0 Å². The van der Waals surface area contributed by atoms with E-state index < -0.39 is 39.1 Å². The Morgan fingerprint density at radius 2 is 1.49 bits per heavy atom. The Morgan fingerprint density at radius 3 is 2.11 bits per heavy atom. The molecule has 3 aliphatic rings. The molecule has 12 heteroatoms. The monoisotopic (exact) mass is 660 g/mol. The predicted octanol–water partition coefficient (Wildman–Crippen LogP) is 6.64. The normalized spacial score (nSPS) is 23.8. The Kier molecular flexibility index (Phi) is 11.6. The minimum Gasteiger partial charge on any atom is -0.462 e. The van der Waals surface area contributed by atoms with Crippen molar-refractivity contribution in [2.75, 3.05) is 0 Å². The van der Waals surface area contributed by atoms with Crippen LogP contribution in [-0.4, -0.2) is 54.3 Å². The maximum Gasteiger partial charge on any atom is 0.331 e. The van der Waals surface area contributed by atoms with Crippen LogP contribution in [0.1, 0.15) is 115 Å². The highest BCUT2D eigenvalue weighted by atomic mass is 32.2. The third-order valence-electron chi connectivity index (χ3n) is 9.24. The first-order chi connectivity index (χ1) is 21.7. The van der Waals surface area contributed by atoms with Crippen LogP contribution >= 0.6 is 11.3 Å². The number of nitrogens with zero attached hydrogens (tertiary/aromatic N) is 2. The van der Waals surface area contributed by atoms with E-state index >= 15 is 0 Å². The van der Waals surface area contributed by atoms with Gasteiger partial charge in [-0.1, -0.05) is 43.5 Å². The second-order valence-corrected chi connectivity index (χ2v) is 15.4. The van der Waals surface area contributed by atoms with E-state index in [0.29, 0.717) is 11.9 Å². The van der Waals surface area contributed by atoms with Crippen LogP contribution < -0.4 is 0 Å². The standard InChI is InChI=1S/C33H44N2O8S2/c1-2-3-17-28(36)30(31-34-27-16-10-11-18-29(27)44-31)35-43-45(39,40)24-19-20-25(32(37)41-22-12-6-4-7-13-22)26(21-24)33(38)42-23-14-8-5-9-15-23/h10-11,16,18,22-26H,2-9,12-15,17,19-21H2,1H3/b35-30+. The molecule has 0 N–H and O–H groups in total. The predicted molar refractivity (Wildman–Crippen MR) is 171 cm³/mol. The van der Waals surface area contributed by atoms with Crippen molar-refractivity contribution in [2.24, 2.45) is 17.0 Å². The molecule has 0 amide bonds. The SMILES string of the molecule is CCCCC(=O)/C(=N\OS(=O)(=O)C1CCC(C(=O)OC2CCCCC2)C(C(=O)OC2CCCCC2)C1)c1nc2ccccc2s1. The van der Waals surface area contributed by atoms with Gasteiger partial charge in [-0.2, -0.15) is 8.42 Å². The zero-order valence-corrected chi connectivity index (χ0v) is 27.6. The molecule has 3 saturated carbocycles.